The molecule has 2 amide bonds. The molecular formula is C26H24N2O4S. The van der Waals surface area contributed by atoms with Crippen LogP contribution >= 0.6 is 11.8 Å². The minimum Gasteiger partial charge on any atom is -0.465 e. The third kappa shape index (κ3) is 5.26. The second-order valence-electron chi connectivity index (χ2n) is 7.60. The summed E-state index contributed by atoms with van der Waals surface area (Å²) in [5.41, 5.74) is 3.32. The van der Waals surface area contributed by atoms with Crippen molar-refractivity contribution in [3.05, 3.63) is 101 Å². The largest absolute Gasteiger partial charge is 0.465 e. The number of amides is 2. The van der Waals surface area contributed by atoms with Crippen LogP contribution in [0.2, 0.25) is 0 Å². The lowest BCUT2D eigenvalue weighted by molar-refractivity contribution is -0.128. The van der Waals surface area contributed by atoms with Crippen LogP contribution in [0.5, 0.6) is 0 Å². The number of esters is 1. The first kappa shape index (κ1) is 22.6. The molecular weight excluding hydrogens is 436 g/mol. The number of carbonyl (C=O) groups is 3. The second-order valence-corrected chi connectivity index (χ2v) is 8.67. The smallest absolute Gasteiger partial charge is 0.339 e. The van der Waals surface area contributed by atoms with Gasteiger partial charge in [-0.3, -0.25) is 9.59 Å². The van der Waals surface area contributed by atoms with Gasteiger partial charge in [0.05, 0.1) is 24.1 Å². The Kier molecular flexibility index (Phi) is 7.10. The summed E-state index contributed by atoms with van der Waals surface area (Å²) in [6, 6.07) is 24.1. The summed E-state index contributed by atoms with van der Waals surface area (Å²) in [7, 11) is 1.30. The number of methoxy groups -OCH3 is 1. The molecule has 3 aromatic rings. The Balaban J connectivity index is 1.45. The Hall–Kier alpha value is -3.58. The molecule has 0 aromatic heterocycles. The molecule has 1 aliphatic rings. The van der Waals surface area contributed by atoms with Gasteiger partial charge in [-0.15, -0.1) is 11.8 Å². The van der Waals surface area contributed by atoms with E-state index in [-0.39, 0.29) is 17.2 Å². The van der Waals surface area contributed by atoms with Gasteiger partial charge in [-0.25, -0.2) is 4.79 Å². The second kappa shape index (κ2) is 10.4. The van der Waals surface area contributed by atoms with E-state index >= 15 is 0 Å². The highest BCUT2D eigenvalue weighted by Gasteiger charge is 2.32. The Labute approximate surface area is 196 Å². The van der Waals surface area contributed by atoms with E-state index in [0.717, 1.165) is 12.0 Å². The van der Waals surface area contributed by atoms with Crippen molar-refractivity contribution in [2.45, 2.75) is 11.8 Å². The van der Waals surface area contributed by atoms with Gasteiger partial charge in [0.25, 0.3) is 5.91 Å². The number of thioether (sulfide) groups is 1. The summed E-state index contributed by atoms with van der Waals surface area (Å²) in [5.74, 6) is -0.262. The third-order valence-electron chi connectivity index (χ3n) is 5.49. The van der Waals surface area contributed by atoms with Gasteiger partial charge in [-0.05, 0) is 41.8 Å². The lowest BCUT2D eigenvalue weighted by Gasteiger charge is -2.24. The van der Waals surface area contributed by atoms with Crippen LogP contribution in [0, 0.1) is 0 Å². The van der Waals surface area contributed by atoms with Gasteiger partial charge >= 0.3 is 5.97 Å². The maximum Gasteiger partial charge on any atom is 0.339 e. The minimum absolute atomic E-state index is 0.0710. The molecule has 33 heavy (non-hydrogen) atoms. The highest BCUT2D eigenvalue weighted by Crippen LogP contribution is 2.38. The lowest BCUT2D eigenvalue weighted by Crippen LogP contribution is -2.30. The molecule has 0 radical (unpaired) electrons. The van der Waals surface area contributed by atoms with Crippen molar-refractivity contribution >= 4 is 35.2 Å². The molecule has 1 N–H and O–H groups in total. The van der Waals surface area contributed by atoms with Crippen LogP contribution in [-0.4, -0.2) is 42.1 Å². The zero-order chi connectivity index (χ0) is 23.2. The van der Waals surface area contributed by atoms with E-state index < -0.39 is 5.97 Å². The molecule has 6 nitrogen and oxygen atoms in total. The monoisotopic (exact) mass is 460 g/mol. The van der Waals surface area contributed by atoms with Crippen LogP contribution in [0.15, 0.2) is 78.9 Å². The van der Waals surface area contributed by atoms with Crippen LogP contribution in [0.4, 0.5) is 5.69 Å². The minimum atomic E-state index is -0.514. The third-order valence-corrected chi connectivity index (χ3v) is 6.75. The Morgan fingerprint density at radius 1 is 1.00 bits per heavy atom. The number of rotatable bonds is 7. The van der Waals surface area contributed by atoms with Gasteiger partial charge in [0.15, 0.2) is 0 Å². The molecule has 1 aliphatic heterocycles. The average molecular weight is 461 g/mol. The zero-order valence-electron chi connectivity index (χ0n) is 18.2. The normalized spacial score (nSPS) is 15.4. The van der Waals surface area contributed by atoms with Crippen molar-refractivity contribution < 1.29 is 19.1 Å². The van der Waals surface area contributed by atoms with E-state index in [1.807, 2.05) is 35.2 Å². The molecule has 3 aromatic carbocycles. The molecule has 1 saturated heterocycles. The Bertz CT molecular complexity index is 1150. The predicted molar refractivity (Wildman–Crippen MR) is 129 cm³/mol. The molecule has 0 spiro atoms. The highest BCUT2D eigenvalue weighted by atomic mass is 32.2. The SMILES string of the molecule is COC(=O)c1ccccc1NC(=O)c1ccc([C@@H]2SCC(=O)N2CCc2ccccc2)cc1. The number of hydrogen-bond acceptors (Lipinski definition) is 5. The quantitative estimate of drug-likeness (QED) is 0.524. The van der Waals surface area contributed by atoms with E-state index in [1.54, 1.807) is 48.2 Å². The number of hydrogen-bond donors (Lipinski definition) is 1. The predicted octanol–water partition coefficient (Wildman–Crippen LogP) is 4.54. The van der Waals surface area contributed by atoms with E-state index in [0.29, 0.717) is 29.1 Å². The van der Waals surface area contributed by atoms with E-state index in [4.69, 9.17) is 4.74 Å². The average Bonchev–Trinajstić information content (AvgIpc) is 3.23. The van der Waals surface area contributed by atoms with Gasteiger partial charge in [0, 0.05) is 12.1 Å². The highest BCUT2D eigenvalue weighted by molar-refractivity contribution is 8.00. The van der Waals surface area contributed by atoms with Crippen molar-refractivity contribution in [1.29, 1.82) is 0 Å². The van der Waals surface area contributed by atoms with Crippen molar-refractivity contribution in [1.82, 2.24) is 4.90 Å². The van der Waals surface area contributed by atoms with Gasteiger partial charge in [0.2, 0.25) is 5.91 Å². The number of nitrogens with zero attached hydrogens (tertiary/aromatic N) is 1. The standard InChI is InChI=1S/C26H24N2O4S/c1-32-26(31)21-9-5-6-10-22(21)27-24(30)19-11-13-20(14-12-19)25-28(23(29)17-33-25)16-15-18-7-3-2-4-8-18/h2-14,25H,15-17H2,1H3,(H,27,30)/t25-/m0/s1. The van der Waals surface area contributed by atoms with Crippen molar-refractivity contribution in [3.8, 4) is 0 Å². The summed E-state index contributed by atoms with van der Waals surface area (Å²) in [6.07, 6.45) is 0.795. The topological polar surface area (TPSA) is 75.7 Å². The number of benzene rings is 3. The summed E-state index contributed by atoms with van der Waals surface area (Å²) in [5, 5.41) is 2.70. The molecule has 1 atom stereocenters. The Morgan fingerprint density at radius 2 is 1.70 bits per heavy atom. The maximum absolute atomic E-state index is 12.8. The Morgan fingerprint density at radius 3 is 2.42 bits per heavy atom. The van der Waals surface area contributed by atoms with Crippen LogP contribution < -0.4 is 5.32 Å². The number of carbonyl (C=O) groups excluding carboxylic acids is 3. The van der Waals surface area contributed by atoms with Gasteiger partial charge in [-0.2, -0.15) is 0 Å². The number of anilines is 1. The van der Waals surface area contributed by atoms with Crippen LogP contribution in [0.25, 0.3) is 0 Å². The number of nitrogens with one attached hydrogen (secondary N) is 1. The summed E-state index contributed by atoms with van der Waals surface area (Å²) in [4.78, 5) is 39.1. The van der Waals surface area contributed by atoms with Crippen molar-refractivity contribution in [2.24, 2.45) is 0 Å². The molecule has 0 saturated carbocycles. The summed E-state index contributed by atoms with van der Waals surface area (Å²) in [6.45, 7) is 0.646. The van der Waals surface area contributed by atoms with Crippen molar-refractivity contribution in [3.63, 3.8) is 0 Å². The molecule has 7 heteroatoms. The first-order chi connectivity index (χ1) is 16.1. The molecule has 1 heterocycles. The first-order valence-electron chi connectivity index (χ1n) is 10.6. The summed E-state index contributed by atoms with van der Waals surface area (Å²) >= 11 is 1.60. The maximum atomic E-state index is 12.8. The lowest BCUT2D eigenvalue weighted by atomic mass is 10.1. The van der Waals surface area contributed by atoms with E-state index in [2.05, 4.69) is 17.4 Å². The fourth-order valence-electron chi connectivity index (χ4n) is 3.74. The molecule has 0 aliphatic carbocycles. The van der Waals surface area contributed by atoms with Crippen molar-refractivity contribution in [2.75, 3.05) is 24.7 Å². The van der Waals surface area contributed by atoms with Crippen LogP contribution in [0.1, 0.15) is 37.2 Å². The molecule has 168 valence electrons. The molecule has 4 rings (SSSR count). The van der Waals surface area contributed by atoms with Gasteiger partial charge < -0.3 is 15.0 Å². The summed E-state index contributed by atoms with van der Waals surface area (Å²) < 4.78 is 4.78. The molecule has 0 unspecified atom stereocenters. The zero-order valence-corrected chi connectivity index (χ0v) is 19.0. The molecule has 1 fully saturated rings. The van der Waals surface area contributed by atoms with Gasteiger partial charge in [0.1, 0.15) is 5.37 Å². The fourth-order valence-corrected chi connectivity index (χ4v) is 4.96. The van der Waals surface area contributed by atoms with Crippen LogP contribution in [-0.2, 0) is 16.0 Å². The van der Waals surface area contributed by atoms with E-state index in [9.17, 15) is 14.4 Å². The first-order valence-corrected chi connectivity index (χ1v) is 11.7. The number of para-hydroxylation sites is 1. The number of ether oxygens (including phenoxy) is 1. The van der Waals surface area contributed by atoms with Gasteiger partial charge in [-0.1, -0.05) is 54.6 Å². The van der Waals surface area contributed by atoms with Crippen LogP contribution in [0.3, 0.4) is 0 Å². The van der Waals surface area contributed by atoms with E-state index in [1.165, 1.54) is 12.7 Å². The fraction of sp³-hybridized carbons (Fsp3) is 0.192. The molecule has 0 bridgehead atoms.